The van der Waals surface area contributed by atoms with E-state index in [0.29, 0.717) is 11.0 Å². The molecule has 0 aliphatic rings. The van der Waals surface area contributed by atoms with E-state index in [0.717, 1.165) is 16.7 Å². The van der Waals surface area contributed by atoms with Gasteiger partial charge in [0.1, 0.15) is 5.82 Å². The van der Waals surface area contributed by atoms with Crippen LogP contribution < -0.4 is 5.32 Å². The van der Waals surface area contributed by atoms with E-state index in [-0.39, 0.29) is 18.5 Å². The molecular formula is C16H17BrFNO. The summed E-state index contributed by atoms with van der Waals surface area (Å²) in [6.45, 7) is 2.72. The average Bonchev–Trinajstić information content (AvgIpc) is 2.47. The van der Waals surface area contributed by atoms with Gasteiger partial charge < -0.3 is 10.4 Å². The largest absolute Gasteiger partial charge is 0.392 e. The van der Waals surface area contributed by atoms with Gasteiger partial charge in [-0.1, -0.05) is 30.3 Å². The van der Waals surface area contributed by atoms with Crippen LogP contribution in [0.15, 0.2) is 46.9 Å². The molecule has 2 aromatic carbocycles. The fraction of sp³-hybridized carbons (Fsp3) is 0.250. The molecule has 20 heavy (non-hydrogen) atoms. The molecule has 1 atom stereocenters. The second-order valence-corrected chi connectivity index (χ2v) is 5.56. The van der Waals surface area contributed by atoms with E-state index in [2.05, 4.69) is 21.2 Å². The molecule has 1 unspecified atom stereocenters. The minimum atomic E-state index is -0.258. The minimum Gasteiger partial charge on any atom is -0.392 e. The third-order valence-electron chi connectivity index (χ3n) is 3.33. The van der Waals surface area contributed by atoms with Crippen LogP contribution in [0.2, 0.25) is 0 Å². The van der Waals surface area contributed by atoms with Crippen molar-refractivity contribution in [1.29, 1.82) is 0 Å². The normalized spacial score (nSPS) is 12.4. The van der Waals surface area contributed by atoms with Crippen molar-refractivity contribution in [2.24, 2.45) is 0 Å². The van der Waals surface area contributed by atoms with E-state index in [9.17, 15) is 9.50 Å². The molecule has 2 rings (SSSR count). The van der Waals surface area contributed by atoms with Gasteiger partial charge in [-0.25, -0.2) is 4.39 Å². The molecule has 0 radical (unpaired) electrons. The Hall–Kier alpha value is -1.23. The number of benzene rings is 2. The highest BCUT2D eigenvalue weighted by atomic mass is 79.9. The SMILES string of the molecule is CC(NCc1ccccc1CO)c1ccc(F)c(Br)c1. The Labute approximate surface area is 126 Å². The molecule has 0 saturated carbocycles. The van der Waals surface area contributed by atoms with Crippen LogP contribution in [0.4, 0.5) is 4.39 Å². The number of hydrogen-bond donors (Lipinski definition) is 2. The van der Waals surface area contributed by atoms with Crippen molar-refractivity contribution in [2.45, 2.75) is 26.1 Å². The fourth-order valence-electron chi connectivity index (χ4n) is 2.05. The van der Waals surface area contributed by atoms with E-state index in [4.69, 9.17) is 0 Å². The Morgan fingerprint density at radius 2 is 1.90 bits per heavy atom. The number of nitrogens with one attached hydrogen (secondary N) is 1. The topological polar surface area (TPSA) is 32.3 Å². The summed E-state index contributed by atoms with van der Waals surface area (Å²) in [4.78, 5) is 0. The number of aliphatic hydroxyl groups excluding tert-OH is 1. The van der Waals surface area contributed by atoms with Gasteiger partial charge in [0.05, 0.1) is 11.1 Å². The molecule has 106 valence electrons. The van der Waals surface area contributed by atoms with Crippen molar-refractivity contribution in [3.05, 3.63) is 69.4 Å². The monoisotopic (exact) mass is 337 g/mol. The molecular weight excluding hydrogens is 321 g/mol. The van der Waals surface area contributed by atoms with Gasteiger partial charge >= 0.3 is 0 Å². The van der Waals surface area contributed by atoms with Crippen LogP contribution in [0.5, 0.6) is 0 Å². The van der Waals surface area contributed by atoms with Crippen LogP contribution in [-0.2, 0) is 13.2 Å². The predicted molar refractivity (Wildman–Crippen MR) is 81.7 cm³/mol. The van der Waals surface area contributed by atoms with E-state index >= 15 is 0 Å². The molecule has 2 nitrogen and oxygen atoms in total. The molecule has 0 fully saturated rings. The van der Waals surface area contributed by atoms with Gasteiger partial charge in [-0.15, -0.1) is 0 Å². The number of hydrogen-bond acceptors (Lipinski definition) is 2. The van der Waals surface area contributed by atoms with Gasteiger partial charge in [-0.05, 0) is 51.7 Å². The lowest BCUT2D eigenvalue weighted by molar-refractivity contribution is 0.280. The van der Waals surface area contributed by atoms with Crippen molar-refractivity contribution in [3.8, 4) is 0 Å². The van der Waals surface area contributed by atoms with Gasteiger partial charge in [0.15, 0.2) is 0 Å². The van der Waals surface area contributed by atoms with E-state index in [1.807, 2.05) is 31.2 Å². The highest BCUT2D eigenvalue weighted by Crippen LogP contribution is 2.21. The maximum atomic E-state index is 13.2. The van der Waals surface area contributed by atoms with Gasteiger partial charge in [0.25, 0.3) is 0 Å². The van der Waals surface area contributed by atoms with Crippen LogP contribution in [0.3, 0.4) is 0 Å². The third kappa shape index (κ3) is 3.66. The molecule has 0 spiro atoms. The first-order valence-corrected chi connectivity index (χ1v) is 7.27. The minimum absolute atomic E-state index is 0.0360. The summed E-state index contributed by atoms with van der Waals surface area (Å²) in [7, 11) is 0. The molecule has 0 aromatic heterocycles. The van der Waals surface area contributed by atoms with Crippen molar-refractivity contribution in [3.63, 3.8) is 0 Å². The van der Waals surface area contributed by atoms with Crippen LogP contribution >= 0.6 is 15.9 Å². The molecule has 0 saturated heterocycles. The lowest BCUT2D eigenvalue weighted by atomic mass is 10.1. The second kappa shape index (κ2) is 6.97. The molecule has 0 aliphatic carbocycles. The van der Waals surface area contributed by atoms with Crippen LogP contribution in [0, 0.1) is 5.82 Å². The van der Waals surface area contributed by atoms with Crippen LogP contribution in [-0.4, -0.2) is 5.11 Å². The first-order chi connectivity index (χ1) is 9.61. The van der Waals surface area contributed by atoms with Crippen molar-refractivity contribution in [1.82, 2.24) is 5.32 Å². The second-order valence-electron chi connectivity index (χ2n) is 4.70. The number of rotatable bonds is 5. The van der Waals surface area contributed by atoms with E-state index in [1.165, 1.54) is 6.07 Å². The fourth-order valence-corrected chi connectivity index (χ4v) is 2.44. The van der Waals surface area contributed by atoms with Crippen LogP contribution in [0.1, 0.15) is 29.7 Å². The van der Waals surface area contributed by atoms with Gasteiger partial charge in [0.2, 0.25) is 0 Å². The first-order valence-electron chi connectivity index (χ1n) is 6.47. The number of halogens is 2. The van der Waals surface area contributed by atoms with Crippen molar-refractivity contribution < 1.29 is 9.50 Å². The molecule has 0 bridgehead atoms. The lowest BCUT2D eigenvalue weighted by Gasteiger charge is -2.16. The van der Waals surface area contributed by atoms with Gasteiger partial charge in [0, 0.05) is 12.6 Å². The van der Waals surface area contributed by atoms with Gasteiger partial charge in [-0.2, -0.15) is 0 Å². The van der Waals surface area contributed by atoms with E-state index in [1.54, 1.807) is 12.1 Å². The average molecular weight is 338 g/mol. The molecule has 0 heterocycles. The van der Waals surface area contributed by atoms with Crippen molar-refractivity contribution in [2.75, 3.05) is 0 Å². The molecule has 2 aromatic rings. The Balaban J connectivity index is 2.04. The summed E-state index contributed by atoms with van der Waals surface area (Å²) in [5, 5.41) is 12.7. The lowest BCUT2D eigenvalue weighted by Crippen LogP contribution is -2.19. The summed E-state index contributed by atoms with van der Waals surface area (Å²) in [6.07, 6.45) is 0. The highest BCUT2D eigenvalue weighted by molar-refractivity contribution is 9.10. The number of aliphatic hydroxyl groups is 1. The zero-order valence-electron chi connectivity index (χ0n) is 11.2. The third-order valence-corrected chi connectivity index (χ3v) is 3.94. The smallest absolute Gasteiger partial charge is 0.137 e. The van der Waals surface area contributed by atoms with Crippen LogP contribution in [0.25, 0.3) is 0 Å². The summed E-state index contributed by atoms with van der Waals surface area (Å²) in [5.74, 6) is -0.258. The van der Waals surface area contributed by atoms with Crippen molar-refractivity contribution >= 4 is 15.9 Å². The quantitative estimate of drug-likeness (QED) is 0.866. The molecule has 4 heteroatoms. The molecule has 0 aliphatic heterocycles. The summed E-state index contributed by atoms with van der Waals surface area (Å²) in [6, 6.07) is 12.9. The summed E-state index contributed by atoms with van der Waals surface area (Å²) < 4.78 is 13.7. The molecule has 2 N–H and O–H groups in total. The maximum absolute atomic E-state index is 13.2. The Morgan fingerprint density at radius 3 is 2.55 bits per heavy atom. The zero-order chi connectivity index (χ0) is 14.5. The predicted octanol–water partition coefficient (Wildman–Crippen LogP) is 3.93. The highest BCUT2D eigenvalue weighted by Gasteiger charge is 2.08. The zero-order valence-corrected chi connectivity index (χ0v) is 12.8. The molecule has 0 amide bonds. The maximum Gasteiger partial charge on any atom is 0.137 e. The Bertz CT molecular complexity index is 588. The van der Waals surface area contributed by atoms with E-state index < -0.39 is 0 Å². The summed E-state index contributed by atoms with van der Waals surface area (Å²) in [5.41, 5.74) is 3.01. The summed E-state index contributed by atoms with van der Waals surface area (Å²) >= 11 is 3.20. The van der Waals surface area contributed by atoms with Gasteiger partial charge in [-0.3, -0.25) is 0 Å². The standard InChI is InChI=1S/C16H17BrFNO/c1-11(12-6-7-16(18)15(17)8-12)19-9-13-4-2-3-5-14(13)10-20/h2-8,11,19-20H,9-10H2,1H3. The Kier molecular flexibility index (Phi) is 5.29. The first kappa shape index (κ1) is 15.2. The Morgan fingerprint density at radius 1 is 1.20 bits per heavy atom.